The van der Waals surface area contributed by atoms with Crippen LogP contribution in [0.3, 0.4) is 0 Å². The Kier molecular flexibility index (Phi) is 5.75. The summed E-state index contributed by atoms with van der Waals surface area (Å²) >= 11 is 0. The molecule has 0 spiro atoms. The fraction of sp³-hybridized carbons (Fsp3) is 0.526. The molecule has 3 rings (SSSR count). The molecule has 1 saturated heterocycles. The summed E-state index contributed by atoms with van der Waals surface area (Å²) in [5.41, 5.74) is 1.15. The molecule has 0 bridgehead atoms. The van der Waals surface area contributed by atoms with E-state index in [1.807, 2.05) is 24.0 Å². The van der Waals surface area contributed by atoms with Crippen molar-refractivity contribution in [2.24, 2.45) is 0 Å². The lowest BCUT2D eigenvalue weighted by atomic mass is 9.98. The number of urea groups is 1. The van der Waals surface area contributed by atoms with Gasteiger partial charge >= 0.3 is 6.03 Å². The van der Waals surface area contributed by atoms with Crippen LogP contribution in [-0.2, 0) is 6.42 Å². The van der Waals surface area contributed by atoms with Gasteiger partial charge in [-0.2, -0.15) is 4.98 Å². The molecule has 0 saturated carbocycles. The first-order chi connectivity index (χ1) is 12.5. The summed E-state index contributed by atoms with van der Waals surface area (Å²) in [5, 5.41) is 16.3. The van der Waals surface area contributed by atoms with Crippen LogP contribution in [0.1, 0.15) is 49.4 Å². The standard InChI is InChI=1S/C19H26N4O3/c1-13(5-6-15-7-9-17(24)10-8-15)20-19(25)23-11-3-4-16(12-23)18-21-14(2)22-26-18/h7-10,13,16,24H,3-6,11-12H2,1-2H3,(H,20,25)/t13-,16-/m0/s1. The number of nitrogens with one attached hydrogen (secondary N) is 1. The molecule has 26 heavy (non-hydrogen) atoms. The molecule has 1 aromatic heterocycles. The summed E-state index contributed by atoms with van der Waals surface area (Å²) in [7, 11) is 0. The number of piperidine rings is 1. The molecule has 0 unspecified atom stereocenters. The molecule has 1 aromatic carbocycles. The highest BCUT2D eigenvalue weighted by atomic mass is 16.5. The van der Waals surface area contributed by atoms with E-state index in [2.05, 4.69) is 15.5 Å². The third kappa shape index (κ3) is 4.74. The number of carbonyl (C=O) groups is 1. The minimum absolute atomic E-state index is 0.0378. The van der Waals surface area contributed by atoms with Gasteiger partial charge < -0.3 is 19.8 Å². The van der Waals surface area contributed by atoms with Gasteiger partial charge in [0.2, 0.25) is 5.89 Å². The van der Waals surface area contributed by atoms with Crippen LogP contribution >= 0.6 is 0 Å². The Bertz CT molecular complexity index is 729. The number of rotatable bonds is 5. The zero-order valence-electron chi connectivity index (χ0n) is 15.3. The quantitative estimate of drug-likeness (QED) is 0.857. The molecule has 7 nitrogen and oxygen atoms in total. The van der Waals surface area contributed by atoms with Crippen LogP contribution in [0.4, 0.5) is 4.79 Å². The largest absolute Gasteiger partial charge is 0.508 e. The van der Waals surface area contributed by atoms with E-state index in [1.54, 1.807) is 19.1 Å². The first-order valence-electron chi connectivity index (χ1n) is 9.15. The number of aryl methyl sites for hydroxylation is 2. The van der Waals surface area contributed by atoms with Crippen LogP contribution in [0.2, 0.25) is 0 Å². The summed E-state index contributed by atoms with van der Waals surface area (Å²) < 4.78 is 5.27. The molecule has 2 N–H and O–H groups in total. The Morgan fingerprint density at radius 2 is 2.19 bits per heavy atom. The number of phenolic OH excluding ortho intramolecular Hbond substituents is 1. The van der Waals surface area contributed by atoms with E-state index < -0.39 is 0 Å². The molecule has 1 aliphatic rings. The summed E-state index contributed by atoms with van der Waals surface area (Å²) in [6.45, 7) is 5.18. The van der Waals surface area contributed by atoms with Crippen molar-refractivity contribution in [2.75, 3.05) is 13.1 Å². The summed E-state index contributed by atoms with van der Waals surface area (Å²) in [4.78, 5) is 18.7. The first-order valence-corrected chi connectivity index (χ1v) is 9.15. The molecule has 0 radical (unpaired) electrons. The van der Waals surface area contributed by atoms with Gasteiger partial charge in [-0.3, -0.25) is 0 Å². The molecule has 7 heteroatoms. The van der Waals surface area contributed by atoms with E-state index in [-0.39, 0.29) is 23.7 Å². The number of aromatic nitrogens is 2. The third-order valence-corrected chi connectivity index (χ3v) is 4.77. The minimum atomic E-state index is -0.0378. The Morgan fingerprint density at radius 1 is 1.42 bits per heavy atom. The lowest BCUT2D eigenvalue weighted by molar-refractivity contribution is 0.169. The summed E-state index contributed by atoms with van der Waals surface area (Å²) in [5.74, 6) is 1.64. The number of hydrogen-bond donors (Lipinski definition) is 2. The van der Waals surface area contributed by atoms with Gasteiger partial charge in [0.1, 0.15) is 5.75 Å². The number of nitrogens with zero attached hydrogens (tertiary/aromatic N) is 3. The number of amides is 2. The van der Waals surface area contributed by atoms with Crippen LogP contribution < -0.4 is 5.32 Å². The van der Waals surface area contributed by atoms with Crippen molar-refractivity contribution >= 4 is 6.03 Å². The molecule has 1 aliphatic heterocycles. The van der Waals surface area contributed by atoms with Gasteiger partial charge in [0, 0.05) is 19.1 Å². The van der Waals surface area contributed by atoms with Crippen LogP contribution in [-0.4, -0.2) is 45.3 Å². The second-order valence-electron chi connectivity index (χ2n) is 7.02. The number of aromatic hydroxyl groups is 1. The van der Waals surface area contributed by atoms with Gasteiger partial charge in [0.05, 0.1) is 5.92 Å². The van der Waals surface area contributed by atoms with E-state index in [0.29, 0.717) is 18.3 Å². The average Bonchev–Trinajstić information content (AvgIpc) is 3.08. The molecule has 0 aliphatic carbocycles. The summed E-state index contributed by atoms with van der Waals surface area (Å²) in [6.07, 6.45) is 3.59. The van der Waals surface area contributed by atoms with Crippen molar-refractivity contribution in [3.05, 3.63) is 41.5 Å². The van der Waals surface area contributed by atoms with E-state index in [0.717, 1.165) is 37.8 Å². The third-order valence-electron chi connectivity index (χ3n) is 4.77. The van der Waals surface area contributed by atoms with E-state index in [9.17, 15) is 9.90 Å². The van der Waals surface area contributed by atoms with Crippen molar-refractivity contribution in [1.29, 1.82) is 0 Å². The zero-order chi connectivity index (χ0) is 18.5. The number of phenols is 1. The Morgan fingerprint density at radius 3 is 2.88 bits per heavy atom. The van der Waals surface area contributed by atoms with Crippen molar-refractivity contribution in [3.8, 4) is 5.75 Å². The maximum absolute atomic E-state index is 12.6. The van der Waals surface area contributed by atoms with Gasteiger partial charge in [0.15, 0.2) is 5.82 Å². The second-order valence-corrected chi connectivity index (χ2v) is 7.02. The smallest absolute Gasteiger partial charge is 0.317 e. The van der Waals surface area contributed by atoms with E-state index in [4.69, 9.17) is 4.52 Å². The highest BCUT2D eigenvalue weighted by Crippen LogP contribution is 2.25. The molecule has 2 atom stereocenters. The lowest BCUT2D eigenvalue weighted by Gasteiger charge is -2.32. The predicted molar refractivity (Wildman–Crippen MR) is 97.0 cm³/mol. The number of hydrogen-bond acceptors (Lipinski definition) is 5. The van der Waals surface area contributed by atoms with E-state index >= 15 is 0 Å². The lowest BCUT2D eigenvalue weighted by Crippen LogP contribution is -2.47. The van der Waals surface area contributed by atoms with Crippen molar-refractivity contribution in [3.63, 3.8) is 0 Å². The van der Waals surface area contributed by atoms with E-state index in [1.165, 1.54) is 0 Å². The minimum Gasteiger partial charge on any atom is -0.508 e. The number of likely N-dealkylation sites (tertiary alicyclic amines) is 1. The molecule has 2 amide bonds. The normalized spacial score (nSPS) is 18.5. The molecule has 1 fully saturated rings. The fourth-order valence-electron chi connectivity index (χ4n) is 3.26. The van der Waals surface area contributed by atoms with Gasteiger partial charge in [-0.1, -0.05) is 17.3 Å². The maximum Gasteiger partial charge on any atom is 0.317 e. The van der Waals surface area contributed by atoms with Crippen molar-refractivity contribution < 1.29 is 14.4 Å². The SMILES string of the molecule is Cc1noc([C@H]2CCCN(C(=O)N[C@@H](C)CCc3ccc(O)cc3)C2)n1. The highest BCUT2D eigenvalue weighted by Gasteiger charge is 2.28. The second kappa shape index (κ2) is 8.21. The van der Waals surface area contributed by atoms with Crippen LogP contribution in [0, 0.1) is 6.92 Å². The molecule has 140 valence electrons. The Balaban J connectivity index is 1.48. The van der Waals surface area contributed by atoms with Gasteiger partial charge in [0.25, 0.3) is 0 Å². The Labute approximate surface area is 153 Å². The Hall–Kier alpha value is -2.57. The first kappa shape index (κ1) is 18.2. The van der Waals surface area contributed by atoms with Crippen molar-refractivity contribution in [2.45, 2.75) is 51.5 Å². The zero-order valence-corrected chi connectivity index (χ0v) is 15.3. The topological polar surface area (TPSA) is 91.5 Å². The van der Waals surface area contributed by atoms with Gasteiger partial charge in [-0.15, -0.1) is 0 Å². The fourth-order valence-corrected chi connectivity index (χ4v) is 3.26. The molecule has 2 heterocycles. The van der Waals surface area contributed by atoms with Crippen LogP contribution in [0.25, 0.3) is 0 Å². The predicted octanol–water partition coefficient (Wildman–Crippen LogP) is 2.99. The van der Waals surface area contributed by atoms with Gasteiger partial charge in [-0.25, -0.2) is 4.79 Å². The monoisotopic (exact) mass is 358 g/mol. The summed E-state index contributed by atoms with van der Waals surface area (Å²) in [6, 6.07) is 7.22. The highest BCUT2D eigenvalue weighted by molar-refractivity contribution is 5.74. The number of carbonyl (C=O) groups excluding carboxylic acids is 1. The molecular weight excluding hydrogens is 332 g/mol. The molecular formula is C19H26N4O3. The molecule has 2 aromatic rings. The van der Waals surface area contributed by atoms with Crippen molar-refractivity contribution in [1.82, 2.24) is 20.4 Å². The van der Waals surface area contributed by atoms with Gasteiger partial charge in [-0.05, 0) is 57.2 Å². The van der Waals surface area contributed by atoms with Crippen LogP contribution in [0.15, 0.2) is 28.8 Å². The number of benzene rings is 1. The van der Waals surface area contributed by atoms with Crippen LogP contribution in [0.5, 0.6) is 5.75 Å². The maximum atomic E-state index is 12.6. The average molecular weight is 358 g/mol.